The van der Waals surface area contributed by atoms with Crippen molar-refractivity contribution >= 4 is 40.3 Å². The third-order valence-electron chi connectivity index (χ3n) is 2.53. The molecule has 0 aromatic heterocycles. The zero-order valence-corrected chi connectivity index (χ0v) is 11.8. The molecule has 0 atom stereocenters. The largest absolute Gasteiger partial charge is 0.395 e. The first-order valence-corrected chi connectivity index (χ1v) is 7.03. The zero-order chi connectivity index (χ0) is 13.7. The maximum Gasteiger partial charge on any atom is 0.266 e. The van der Waals surface area contributed by atoms with Gasteiger partial charge in [-0.25, -0.2) is 0 Å². The molecule has 1 aliphatic rings. The van der Waals surface area contributed by atoms with Crippen molar-refractivity contribution in [2.75, 3.05) is 13.2 Å². The molecule has 0 spiro atoms. The van der Waals surface area contributed by atoms with Crippen LogP contribution in [0.1, 0.15) is 5.56 Å². The van der Waals surface area contributed by atoms with E-state index in [9.17, 15) is 4.79 Å². The molecule has 0 saturated carbocycles. The lowest BCUT2D eigenvalue weighted by Crippen LogP contribution is -2.30. The van der Waals surface area contributed by atoms with E-state index in [1.165, 1.54) is 16.7 Å². The number of thiocarbonyl (C=S) groups is 1. The molecule has 1 fully saturated rings. The van der Waals surface area contributed by atoms with Crippen molar-refractivity contribution in [3.05, 3.63) is 53.0 Å². The Morgan fingerprint density at radius 3 is 2.74 bits per heavy atom. The molecule has 1 aromatic carbocycles. The summed E-state index contributed by atoms with van der Waals surface area (Å²) < 4.78 is 0.499. The van der Waals surface area contributed by atoms with Gasteiger partial charge in [0.25, 0.3) is 5.91 Å². The number of hydrogen-bond donors (Lipinski definition) is 1. The number of aliphatic hydroxyl groups is 1. The molecule has 1 saturated heterocycles. The van der Waals surface area contributed by atoms with E-state index in [1.54, 1.807) is 6.08 Å². The number of carbonyl (C=O) groups excluding carboxylic acids is 1. The van der Waals surface area contributed by atoms with Gasteiger partial charge in [-0.1, -0.05) is 66.5 Å². The molecule has 3 nitrogen and oxygen atoms in total. The summed E-state index contributed by atoms with van der Waals surface area (Å²) in [5.41, 5.74) is 1.07. The van der Waals surface area contributed by atoms with Crippen molar-refractivity contribution in [1.29, 1.82) is 0 Å². The van der Waals surface area contributed by atoms with Crippen LogP contribution in [-0.2, 0) is 4.79 Å². The molecule has 0 radical (unpaired) electrons. The molecular formula is C14H13NO2S2. The smallest absolute Gasteiger partial charge is 0.266 e. The number of carbonyl (C=O) groups is 1. The Labute approximate surface area is 121 Å². The van der Waals surface area contributed by atoms with Gasteiger partial charge in [0.1, 0.15) is 4.32 Å². The summed E-state index contributed by atoms with van der Waals surface area (Å²) in [4.78, 5) is 14.0. The number of rotatable bonds is 4. The van der Waals surface area contributed by atoms with E-state index < -0.39 is 0 Å². The van der Waals surface area contributed by atoms with E-state index >= 15 is 0 Å². The van der Waals surface area contributed by atoms with Gasteiger partial charge >= 0.3 is 0 Å². The summed E-state index contributed by atoms with van der Waals surface area (Å²) in [5, 5.41) is 8.88. The summed E-state index contributed by atoms with van der Waals surface area (Å²) in [6, 6.07) is 9.85. The van der Waals surface area contributed by atoms with Crippen LogP contribution in [0.2, 0.25) is 0 Å². The van der Waals surface area contributed by atoms with Crippen LogP contribution in [0, 0.1) is 0 Å². The van der Waals surface area contributed by atoms with Crippen LogP contribution in [0.5, 0.6) is 0 Å². The number of aliphatic hydroxyl groups excluding tert-OH is 1. The fraction of sp³-hybridized carbons (Fsp3) is 0.143. The van der Waals surface area contributed by atoms with E-state index in [4.69, 9.17) is 17.3 Å². The van der Waals surface area contributed by atoms with Gasteiger partial charge in [0.2, 0.25) is 0 Å². The molecule has 98 valence electrons. The number of hydrogen-bond acceptors (Lipinski definition) is 4. The first kappa shape index (κ1) is 14.0. The van der Waals surface area contributed by atoms with Crippen LogP contribution in [0.4, 0.5) is 0 Å². The molecule has 1 aromatic rings. The third kappa shape index (κ3) is 3.53. The SMILES string of the molecule is O=C1/C(=C/C=C\c2ccccc2)SC(=S)N1CCO. The predicted octanol–water partition coefficient (Wildman–Crippen LogP) is 2.44. The molecule has 0 bridgehead atoms. The van der Waals surface area contributed by atoms with Crippen LogP contribution in [0.3, 0.4) is 0 Å². The van der Waals surface area contributed by atoms with Crippen LogP contribution in [0.25, 0.3) is 6.08 Å². The van der Waals surface area contributed by atoms with E-state index in [0.717, 1.165) is 5.56 Å². The first-order chi connectivity index (χ1) is 9.22. The average Bonchev–Trinajstić information content (AvgIpc) is 2.68. The second kappa shape index (κ2) is 6.65. The lowest BCUT2D eigenvalue weighted by Gasteiger charge is -2.11. The van der Waals surface area contributed by atoms with Gasteiger partial charge in [-0.05, 0) is 11.6 Å². The summed E-state index contributed by atoms with van der Waals surface area (Å²) >= 11 is 6.36. The molecule has 1 N–H and O–H groups in total. The lowest BCUT2D eigenvalue weighted by molar-refractivity contribution is -0.122. The molecule has 1 heterocycles. The van der Waals surface area contributed by atoms with Gasteiger partial charge in [0.05, 0.1) is 18.1 Å². The Morgan fingerprint density at radius 1 is 1.32 bits per heavy atom. The van der Waals surface area contributed by atoms with E-state index in [-0.39, 0.29) is 19.1 Å². The van der Waals surface area contributed by atoms with Gasteiger partial charge in [-0.2, -0.15) is 0 Å². The molecule has 19 heavy (non-hydrogen) atoms. The van der Waals surface area contributed by atoms with Crippen LogP contribution >= 0.6 is 24.0 Å². The van der Waals surface area contributed by atoms with E-state index in [1.807, 2.05) is 42.5 Å². The number of nitrogens with zero attached hydrogens (tertiary/aromatic N) is 1. The third-order valence-corrected chi connectivity index (χ3v) is 3.93. The van der Waals surface area contributed by atoms with Crippen LogP contribution in [0.15, 0.2) is 47.4 Å². The van der Waals surface area contributed by atoms with Crippen molar-refractivity contribution in [3.8, 4) is 0 Å². The van der Waals surface area contributed by atoms with Crippen LogP contribution in [-0.4, -0.2) is 33.4 Å². The second-order valence-electron chi connectivity index (χ2n) is 3.85. The molecule has 1 aliphatic heterocycles. The van der Waals surface area contributed by atoms with Crippen molar-refractivity contribution < 1.29 is 9.90 Å². The summed E-state index contributed by atoms with van der Waals surface area (Å²) in [7, 11) is 0. The normalized spacial score (nSPS) is 17.9. The number of β-amino-alcohol motifs (C(OH)–C–C–N with tert-alkyl or cyclic N) is 1. The highest BCUT2D eigenvalue weighted by Gasteiger charge is 2.30. The number of amides is 1. The van der Waals surface area contributed by atoms with Gasteiger partial charge in [-0.15, -0.1) is 0 Å². The molecule has 0 unspecified atom stereocenters. The Hall–Kier alpha value is -1.43. The highest BCUT2D eigenvalue weighted by atomic mass is 32.2. The zero-order valence-electron chi connectivity index (χ0n) is 10.2. The minimum Gasteiger partial charge on any atom is -0.395 e. The highest BCUT2D eigenvalue weighted by Crippen LogP contribution is 2.30. The molecule has 1 amide bonds. The summed E-state index contributed by atoms with van der Waals surface area (Å²) in [5.74, 6) is -0.137. The number of thioether (sulfide) groups is 1. The predicted molar refractivity (Wildman–Crippen MR) is 82.5 cm³/mol. The number of allylic oxidation sites excluding steroid dienone is 2. The fourth-order valence-electron chi connectivity index (χ4n) is 1.62. The second-order valence-corrected chi connectivity index (χ2v) is 5.52. The Kier molecular flexibility index (Phi) is 4.90. The first-order valence-electron chi connectivity index (χ1n) is 5.80. The summed E-state index contributed by atoms with van der Waals surface area (Å²) in [6.07, 6.45) is 5.52. The Morgan fingerprint density at radius 2 is 2.05 bits per heavy atom. The van der Waals surface area contributed by atoms with Crippen molar-refractivity contribution in [2.24, 2.45) is 0 Å². The standard InChI is InChI=1S/C14H13NO2S2/c16-10-9-15-13(17)12(19-14(15)18)8-4-7-11-5-2-1-3-6-11/h1-8,16H,9-10H2/b7-4-,12-8-. The Bertz CT molecular complexity index is 538. The fourth-order valence-corrected chi connectivity index (χ4v) is 2.88. The molecule has 5 heteroatoms. The lowest BCUT2D eigenvalue weighted by atomic mass is 10.2. The minimum atomic E-state index is -0.137. The Balaban J connectivity index is 2.07. The maximum atomic E-state index is 12.0. The topological polar surface area (TPSA) is 40.5 Å². The van der Waals surface area contributed by atoms with Gasteiger partial charge in [0.15, 0.2) is 0 Å². The van der Waals surface area contributed by atoms with Crippen molar-refractivity contribution in [1.82, 2.24) is 4.90 Å². The summed E-state index contributed by atoms with van der Waals surface area (Å²) in [6.45, 7) is 0.171. The minimum absolute atomic E-state index is 0.0838. The molecular weight excluding hydrogens is 278 g/mol. The van der Waals surface area contributed by atoms with E-state index in [2.05, 4.69) is 0 Å². The van der Waals surface area contributed by atoms with E-state index in [0.29, 0.717) is 9.23 Å². The van der Waals surface area contributed by atoms with Crippen LogP contribution < -0.4 is 0 Å². The highest BCUT2D eigenvalue weighted by molar-refractivity contribution is 8.26. The van der Waals surface area contributed by atoms with Crippen molar-refractivity contribution in [3.63, 3.8) is 0 Å². The van der Waals surface area contributed by atoms with Gasteiger partial charge < -0.3 is 5.11 Å². The number of benzene rings is 1. The quantitative estimate of drug-likeness (QED) is 0.683. The molecule has 2 rings (SSSR count). The molecule has 0 aliphatic carbocycles. The van der Waals surface area contributed by atoms with Gasteiger partial charge in [0, 0.05) is 0 Å². The monoisotopic (exact) mass is 291 g/mol. The van der Waals surface area contributed by atoms with Gasteiger partial charge in [-0.3, -0.25) is 9.69 Å². The van der Waals surface area contributed by atoms with Crippen molar-refractivity contribution in [2.45, 2.75) is 0 Å². The maximum absolute atomic E-state index is 12.0. The average molecular weight is 291 g/mol.